The van der Waals surface area contributed by atoms with Crippen LogP contribution in [0, 0.1) is 11.3 Å². The van der Waals surface area contributed by atoms with Gasteiger partial charge in [0.1, 0.15) is 11.9 Å². The number of aromatic nitrogens is 1. The van der Waals surface area contributed by atoms with Gasteiger partial charge in [0.05, 0.1) is 12.1 Å². The second-order valence-corrected chi connectivity index (χ2v) is 5.54. The molecule has 6 nitrogen and oxygen atoms in total. The number of anilines is 1. The summed E-state index contributed by atoms with van der Waals surface area (Å²) in [7, 11) is 1.77. The normalized spacial score (nSPS) is 14.8. The molecule has 0 radical (unpaired) electrons. The van der Waals surface area contributed by atoms with Crippen molar-refractivity contribution in [3.8, 4) is 6.07 Å². The van der Waals surface area contributed by atoms with E-state index in [0.717, 1.165) is 30.7 Å². The summed E-state index contributed by atoms with van der Waals surface area (Å²) in [6, 6.07) is 3.80. The molecule has 1 aromatic rings. The van der Waals surface area contributed by atoms with Crippen molar-refractivity contribution in [3.05, 3.63) is 22.3 Å². The first-order valence-corrected chi connectivity index (χ1v) is 7.16. The summed E-state index contributed by atoms with van der Waals surface area (Å²) in [5.41, 5.74) is 0.454. The predicted octanol–water partition coefficient (Wildman–Crippen LogP) is 0.584. The Morgan fingerprint density at radius 3 is 2.95 bits per heavy atom. The van der Waals surface area contributed by atoms with Gasteiger partial charge in [-0.15, -0.1) is 0 Å². The number of piperazine rings is 1. The fraction of sp³-hybridized carbons (Fsp3) is 0.462. The highest BCUT2D eigenvalue weighted by molar-refractivity contribution is 9.10. The molecule has 1 amide bonds. The van der Waals surface area contributed by atoms with Crippen molar-refractivity contribution < 1.29 is 4.79 Å². The molecule has 1 fully saturated rings. The highest BCUT2D eigenvalue weighted by Gasteiger charge is 2.19. The molecule has 106 valence electrons. The Hall–Kier alpha value is -1.65. The maximum absolute atomic E-state index is 12.2. The van der Waals surface area contributed by atoms with Gasteiger partial charge in [0.15, 0.2) is 0 Å². The van der Waals surface area contributed by atoms with Crippen molar-refractivity contribution in [3.63, 3.8) is 0 Å². The van der Waals surface area contributed by atoms with Crippen LogP contribution in [0.5, 0.6) is 0 Å². The molecule has 0 aliphatic carbocycles. The Kier molecular flexibility index (Phi) is 4.93. The van der Waals surface area contributed by atoms with Gasteiger partial charge in [0.25, 0.3) is 0 Å². The molecule has 0 bridgehead atoms. The summed E-state index contributed by atoms with van der Waals surface area (Å²) in [5.74, 6) is 0.585. The number of hydrogen-bond donors (Lipinski definition) is 1. The molecule has 0 unspecified atom stereocenters. The number of nitrogens with zero attached hydrogens (tertiary/aromatic N) is 4. The summed E-state index contributed by atoms with van der Waals surface area (Å²) in [6.07, 6.45) is 1.63. The van der Waals surface area contributed by atoms with Crippen molar-refractivity contribution in [2.45, 2.75) is 0 Å². The van der Waals surface area contributed by atoms with Crippen LogP contribution in [-0.4, -0.2) is 55.6 Å². The van der Waals surface area contributed by atoms with E-state index in [1.807, 2.05) is 4.90 Å². The second kappa shape index (κ2) is 6.68. The number of rotatable bonds is 3. The van der Waals surface area contributed by atoms with Crippen molar-refractivity contribution in [2.75, 3.05) is 44.7 Å². The summed E-state index contributed by atoms with van der Waals surface area (Å²) < 4.78 is 0.750. The van der Waals surface area contributed by atoms with E-state index in [4.69, 9.17) is 5.26 Å². The van der Waals surface area contributed by atoms with Gasteiger partial charge in [0.2, 0.25) is 5.91 Å². The minimum atomic E-state index is 0.0580. The lowest BCUT2D eigenvalue weighted by Crippen LogP contribution is -2.49. The SMILES string of the molecule is CN(CC(=O)N1CCNCC1)c1ncc(Br)cc1C#N. The van der Waals surface area contributed by atoms with E-state index in [0.29, 0.717) is 11.4 Å². The Labute approximate surface area is 126 Å². The quantitative estimate of drug-likeness (QED) is 0.873. The zero-order valence-corrected chi connectivity index (χ0v) is 12.9. The van der Waals surface area contributed by atoms with Crippen LogP contribution in [0.4, 0.5) is 5.82 Å². The van der Waals surface area contributed by atoms with Crippen molar-refractivity contribution >= 4 is 27.7 Å². The number of pyridine rings is 1. The van der Waals surface area contributed by atoms with Crippen LogP contribution in [0.3, 0.4) is 0 Å². The van der Waals surface area contributed by atoms with E-state index in [9.17, 15) is 4.79 Å². The lowest BCUT2D eigenvalue weighted by Gasteiger charge is -2.29. The number of halogens is 1. The van der Waals surface area contributed by atoms with Crippen LogP contribution in [0.25, 0.3) is 0 Å². The first-order valence-electron chi connectivity index (χ1n) is 6.37. The number of carbonyl (C=O) groups excluding carboxylic acids is 1. The lowest BCUT2D eigenvalue weighted by molar-refractivity contribution is -0.130. The Bertz CT molecular complexity index is 536. The third kappa shape index (κ3) is 3.46. The highest BCUT2D eigenvalue weighted by atomic mass is 79.9. The molecule has 0 spiro atoms. The maximum atomic E-state index is 12.2. The molecule has 7 heteroatoms. The van der Waals surface area contributed by atoms with Gasteiger partial charge >= 0.3 is 0 Å². The van der Waals surface area contributed by atoms with E-state index >= 15 is 0 Å². The fourth-order valence-corrected chi connectivity index (χ4v) is 2.44. The van der Waals surface area contributed by atoms with E-state index in [-0.39, 0.29) is 12.5 Å². The molecule has 2 rings (SSSR count). The second-order valence-electron chi connectivity index (χ2n) is 4.62. The van der Waals surface area contributed by atoms with Crippen LogP contribution in [0.1, 0.15) is 5.56 Å². The molecule has 1 aliphatic heterocycles. The summed E-state index contributed by atoms with van der Waals surface area (Å²) in [4.78, 5) is 20.0. The lowest BCUT2D eigenvalue weighted by atomic mass is 10.2. The first kappa shape index (κ1) is 14.8. The number of carbonyl (C=O) groups is 1. The van der Waals surface area contributed by atoms with Crippen molar-refractivity contribution in [1.82, 2.24) is 15.2 Å². The molecular weight excluding hydrogens is 322 g/mol. The topological polar surface area (TPSA) is 72.3 Å². The third-order valence-corrected chi connectivity index (χ3v) is 3.59. The van der Waals surface area contributed by atoms with Gasteiger partial charge in [-0.1, -0.05) is 0 Å². The average molecular weight is 338 g/mol. The average Bonchev–Trinajstić information content (AvgIpc) is 2.47. The summed E-state index contributed by atoms with van der Waals surface area (Å²) in [5, 5.41) is 12.3. The zero-order chi connectivity index (χ0) is 14.5. The van der Waals surface area contributed by atoms with E-state index in [1.54, 1.807) is 24.2 Å². The Morgan fingerprint density at radius 1 is 1.60 bits per heavy atom. The Morgan fingerprint density at radius 2 is 2.30 bits per heavy atom. The summed E-state index contributed by atoms with van der Waals surface area (Å²) in [6.45, 7) is 3.34. The van der Waals surface area contributed by atoms with E-state index in [1.165, 1.54) is 0 Å². The van der Waals surface area contributed by atoms with Gasteiger partial charge in [-0.2, -0.15) is 5.26 Å². The van der Waals surface area contributed by atoms with E-state index in [2.05, 4.69) is 32.3 Å². The molecule has 20 heavy (non-hydrogen) atoms. The highest BCUT2D eigenvalue weighted by Crippen LogP contribution is 2.19. The zero-order valence-electron chi connectivity index (χ0n) is 11.3. The fourth-order valence-electron chi connectivity index (χ4n) is 2.11. The van der Waals surface area contributed by atoms with Gasteiger partial charge in [-0.25, -0.2) is 4.98 Å². The predicted molar refractivity (Wildman–Crippen MR) is 79.4 cm³/mol. The third-order valence-electron chi connectivity index (χ3n) is 3.16. The molecule has 0 atom stereocenters. The molecule has 0 aromatic carbocycles. The minimum absolute atomic E-state index is 0.0580. The van der Waals surface area contributed by atoms with Crippen LogP contribution in [-0.2, 0) is 4.79 Å². The van der Waals surface area contributed by atoms with Gasteiger partial charge < -0.3 is 15.1 Å². The Balaban J connectivity index is 2.06. The van der Waals surface area contributed by atoms with Crippen LogP contribution in [0.2, 0.25) is 0 Å². The van der Waals surface area contributed by atoms with Crippen LogP contribution >= 0.6 is 15.9 Å². The largest absolute Gasteiger partial charge is 0.349 e. The van der Waals surface area contributed by atoms with Crippen LogP contribution in [0.15, 0.2) is 16.7 Å². The van der Waals surface area contributed by atoms with E-state index < -0.39 is 0 Å². The number of amides is 1. The van der Waals surface area contributed by atoms with Crippen LogP contribution < -0.4 is 10.2 Å². The standard InChI is InChI=1S/C13H16BrN5O/c1-18(9-12(20)19-4-2-16-3-5-19)13-10(7-15)6-11(14)8-17-13/h6,8,16H,2-5,9H2,1H3. The number of nitriles is 1. The molecule has 1 N–H and O–H groups in total. The number of nitrogens with one attached hydrogen (secondary N) is 1. The molecule has 1 saturated heterocycles. The summed E-state index contributed by atoms with van der Waals surface area (Å²) >= 11 is 3.29. The van der Waals surface area contributed by atoms with Crippen molar-refractivity contribution in [1.29, 1.82) is 5.26 Å². The molecular formula is C13H16BrN5O. The van der Waals surface area contributed by atoms with Crippen molar-refractivity contribution in [2.24, 2.45) is 0 Å². The minimum Gasteiger partial charge on any atom is -0.349 e. The molecule has 2 heterocycles. The molecule has 0 saturated carbocycles. The molecule has 1 aliphatic rings. The first-order chi connectivity index (χ1) is 9.61. The number of likely N-dealkylation sites (N-methyl/N-ethyl adjacent to an activating group) is 1. The molecule has 1 aromatic heterocycles. The number of hydrogen-bond acceptors (Lipinski definition) is 5. The maximum Gasteiger partial charge on any atom is 0.242 e. The van der Waals surface area contributed by atoms with Gasteiger partial charge in [-0.3, -0.25) is 4.79 Å². The van der Waals surface area contributed by atoms with Gasteiger partial charge in [0, 0.05) is 43.9 Å². The monoisotopic (exact) mass is 337 g/mol. The smallest absolute Gasteiger partial charge is 0.242 e. The van der Waals surface area contributed by atoms with Gasteiger partial charge in [-0.05, 0) is 22.0 Å².